The van der Waals surface area contributed by atoms with Crippen molar-refractivity contribution in [1.29, 1.82) is 0 Å². The van der Waals surface area contributed by atoms with Crippen LogP contribution in [0, 0.1) is 0 Å². The standard InChI is InChI=1S/C17H22N4O2S/c1-13(24-17-18-7-8-20(17)2)16(22)19-14-3-5-15(6-4-14)21-9-11-23-12-10-21/h3-8,13H,9-12H2,1-2H3,(H,19,22). The Morgan fingerprint density at radius 1 is 1.29 bits per heavy atom. The molecule has 6 nitrogen and oxygen atoms in total. The molecule has 24 heavy (non-hydrogen) atoms. The van der Waals surface area contributed by atoms with Crippen LogP contribution in [0.1, 0.15) is 6.92 Å². The van der Waals surface area contributed by atoms with Gasteiger partial charge in [0.2, 0.25) is 5.91 Å². The van der Waals surface area contributed by atoms with Gasteiger partial charge in [-0.2, -0.15) is 0 Å². The third-order valence-corrected chi connectivity index (χ3v) is 5.11. The van der Waals surface area contributed by atoms with E-state index in [1.807, 2.05) is 49.0 Å². The van der Waals surface area contributed by atoms with E-state index in [1.165, 1.54) is 11.8 Å². The van der Waals surface area contributed by atoms with Crippen LogP contribution >= 0.6 is 11.8 Å². The van der Waals surface area contributed by atoms with Crippen LogP contribution in [0.3, 0.4) is 0 Å². The van der Waals surface area contributed by atoms with Gasteiger partial charge >= 0.3 is 0 Å². The normalized spacial score (nSPS) is 16.0. The summed E-state index contributed by atoms with van der Waals surface area (Å²) in [6.45, 7) is 5.23. The Balaban J connectivity index is 1.56. The van der Waals surface area contributed by atoms with E-state index in [9.17, 15) is 4.79 Å². The van der Waals surface area contributed by atoms with Crippen LogP contribution in [0.5, 0.6) is 0 Å². The summed E-state index contributed by atoms with van der Waals surface area (Å²) < 4.78 is 7.28. The lowest BCUT2D eigenvalue weighted by molar-refractivity contribution is -0.115. The molecular formula is C17H22N4O2S. The number of imidazole rings is 1. The molecule has 1 N–H and O–H groups in total. The number of carbonyl (C=O) groups is 1. The molecule has 1 fully saturated rings. The summed E-state index contributed by atoms with van der Waals surface area (Å²) in [5.74, 6) is -0.0258. The number of benzene rings is 1. The van der Waals surface area contributed by atoms with Gasteiger partial charge in [-0.1, -0.05) is 11.8 Å². The highest BCUT2D eigenvalue weighted by Gasteiger charge is 2.17. The second-order valence-electron chi connectivity index (χ2n) is 5.72. The van der Waals surface area contributed by atoms with Crippen LogP contribution in [-0.4, -0.2) is 47.0 Å². The Labute approximate surface area is 146 Å². The fourth-order valence-corrected chi connectivity index (χ4v) is 3.33. The van der Waals surface area contributed by atoms with Crippen LogP contribution in [0.2, 0.25) is 0 Å². The van der Waals surface area contributed by atoms with E-state index >= 15 is 0 Å². The summed E-state index contributed by atoms with van der Waals surface area (Å²) in [4.78, 5) is 18.9. The smallest absolute Gasteiger partial charge is 0.237 e. The first kappa shape index (κ1) is 16.9. The third kappa shape index (κ3) is 4.10. The number of hydrogen-bond donors (Lipinski definition) is 1. The molecule has 1 aromatic heterocycles. The van der Waals surface area contributed by atoms with Gasteiger partial charge in [-0.25, -0.2) is 4.98 Å². The maximum atomic E-state index is 12.3. The molecule has 128 valence electrons. The molecule has 1 aliphatic heterocycles. The second-order valence-corrected chi connectivity index (χ2v) is 7.02. The van der Waals surface area contributed by atoms with Gasteiger partial charge < -0.3 is 19.5 Å². The van der Waals surface area contributed by atoms with Crippen molar-refractivity contribution in [1.82, 2.24) is 9.55 Å². The van der Waals surface area contributed by atoms with Crippen LogP contribution in [0.4, 0.5) is 11.4 Å². The molecule has 1 aromatic carbocycles. The van der Waals surface area contributed by atoms with E-state index in [-0.39, 0.29) is 11.2 Å². The molecule has 2 heterocycles. The molecule has 3 rings (SSSR count). The van der Waals surface area contributed by atoms with Crippen molar-refractivity contribution in [2.45, 2.75) is 17.3 Å². The van der Waals surface area contributed by atoms with E-state index in [2.05, 4.69) is 15.2 Å². The fraction of sp³-hybridized carbons (Fsp3) is 0.412. The number of aromatic nitrogens is 2. The van der Waals surface area contributed by atoms with Crippen LogP contribution in [0.15, 0.2) is 41.8 Å². The molecule has 1 atom stereocenters. The van der Waals surface area contributed by atoms with E-state index in [0.29, 0.717) is 0 Å². The lowest BCUT2D eigenvalue weighted by atomic mass is 10.2. The molecule has 1 unspecified atom stereocenters. The number of morpholine rings is 1. The average molecular weight is 346 g/mol. The maximum absolute atomic E-state index is 12.3. The average Bonchev–Trinajstić information content (AvgIpc) is 3.01. The Hall–Kier alpha value is -1.99. The van der Waals surface area contributed by atoms with Crippen molar-refractivity contribution in [3.8, 4) is 0 Å². The van der Waals surface area contributed by atoms with Crippen LogP contribution in [0.25, 0.3) is 0 Å². The zero-order chi connectivity index (χ0) is 16.9. The van der Waals surface area contributed by atoms with Gasteiger partial charge in [0, 0.05) is 43.9 Å². The first-order chi connectivity index (χ1) is 11.6. The Bertz CT molecular complexity index is 680. The SMILES string of the molecule is CC(Sc1nccn1C)C(=O)Nc1ccc(N2CCOCC2)cc1. The number of anilines is 2. The van der Waals surface area contributed by atoms with Gasteiger partial charge in [-0.3, -0.25) is 4.79 Å². The molecule has 0 saturated carbocycles. The van der Waals surface area contributed by atoms with Crippen LogP contribution < -0.4 is 10.2 Å². The lowest BCUT2D eigenvalue weighted by Gasteiger charge is -2.28. The molecule has 1 aliphatic rings. The van der Waals surface area contributed by atoms with Crippen molar-refractivity contribution in [2.75, 3.05) is 36.5 Å². The molecule has 0 aliphatic carbocycles. The van der Waals surface area contributed by atoms with E-state index in [4.69, 9.17) is 4.74 Å². The largest absolute Gasteiger partial charge is 0.378 e. The molecule has 1 amide bonds. The highest BCUT2D eigenvalue weighted by Crippen LogP contribution is 2.23. The summed E-state index contributed by atoms with van der Waals surface area (Å²) >= 11 is 1.45. The number of carbonyl (C=O) groups excluding carboxylic acids is 1. The maximum Gasteiger partial charge on any atom is 0.237 e. The first-order valence-electron chi connectivity index (χ1n) is 8.01. The zero-order valence-electron chi connectivity index (χ0n) is 13.9. The van der Waals surface area contributed by atoms with Crippen molar-refractivity contribution in [2.24, 2.45) is 7.05 Å². The predicted molar refractivity (Wildman–Crippen MR) is 96.6 cm³/mol. The summed E-state index contributed by atoms with van der Waals surface area (Å²) in [7, 11) is 1.92. The summed E-state index contributed by atoms with van der Waals surface area (Å²) in [5, 5.41) is 3.58. The first-order valence-corrected chi connectivity index (χ1v) is 8.89. The lowest BCUT2D eigenvalue weighted by Crippen LogP contribution is -2.36. The number of thioether (sulfide) groups is 1. The van der Waals surface area contributed by atoms with Gasteiger partial charge in [-0.15, -0.1) is 0 Å². The van der Waals surface area contributed by atoms with Crippen molar-refractivity contribution in [3.63, 3.8) is 0 Å². The number of amides is 1. The van der Waals surface area contributed by atoms with Crippen LogP contribution in [-0.2, 0) is 16.6 Å². The highest BCUT2D eigenvalue weighted by molar-refractivity contribution is 8.00. The number of hydrogen-bond acceptors (Lipinski definition) is 5. The number of aryl methyl sites for hydroxylation is 1. The summed E-state index contributed by atoms with van der Waals surface area (Å²) in [5.41, 5.74) is 1.97. The number of ether oxygens (including phenoxy) is 1. The molecule has 1 saturated heterocycles. The topological polar surface area (TPSA) is 59.4 Å². The number of nitrogens with one attached hydrogen (secondary N) is 1. The Kier molecular flexibility index (Phi) is 5.42. The number of nitrogens with zero attached hydrogens (tertiary/aromatic N) is 3. The monoisotopic (exact) mass is 346 g/mol. The predicted octanol–water partition coefficient (Wildman–Crippen LogP) is 2.38. The molecule has 0 radical (unpaired) electrons. The van der Waals surface area contributed by atoms with Crippen molar-refractivity contribution >= 4 is 29.0 Å². The summed E-state index contributed by atoms with van der Waals surface area (Å²) in [6.07, 6.45) is 3.61. The van der Waals surface area contributed by atoms with E-state index < -0.39 is 0 Å². The molecule has 0 spiro atoms. The van der Waals surface area contributed by atoms with Gasteiger partial charge in [0.05, 0.1) is 18.5 Å². The second kappa shape index (κ2) is 7.72. The van der Waals surface area contributed by atoms with Gasteiger partial charge in [0.25, 0.3) is 0 Å². The fourth-order valence-electron chi connectivity index (χ4n) is 2.50. The Morgan fingerprint density at radius 2 is 2.00 bits per heavy atom. The zero-order valence-corrected chi connectivity index (χ0v) is 14.8. The minimum Gasteiger partial charge on any atom is -0.378 e. The highest BCUT2D eigenvalue weighted by atomic mass is 32.2. The van der Waals surface area contributed by atoms with E-state index in [1.54, 1.807) is 6.20 Å². The summed E-state index contributed by atoms with van der Waals surface area (Å²) in [6, 6.07) is 7.97. The molecule has 2 aromatic rings. The Morgan fingerprint density at radius 3 is 2.62 bits per heavy atom. The van der Waals surface area contributed by atoms with E-state index in [0.717, 1.165) is 42.8 Å². The molecular weight excluding hydrogens is 324 g/mol. The number of rotatable bonds is 5. The third-order valence-electron chi connectivity index (χ3n) is 3.94. The minimum atomic E-state index is -0.218. The molecule has 7 heteroatoms. The minimum absolute atomic E-state index is 0.0258. The van der Waals surface area contributed by atoms with Gasteiger partial charge in [0.15, 0.2) is 5.16 Å². The molecule has 0 bridgehead atoms. The van der Waals surface area contributed by atoms with Gasteiger partial charge in [0.1, 0.15) is 0 Å². The van der Waals surface area contributed by atoms with Crippen molar-refractivity contribution in [3.05, 3.63) is 36.7 Å². The van der Waals surface area contributed by atoms with Gasteiger partial charge in [-0.05, 0) is 31.2 Å². The van der Waals surface area contributed by atoms with Crippen molar-refractivity contribution < 1.29 is 9.53 Å². The quantitative estimate of drug-likeness (QED) is 0.843.